The monoisotopic (exact) mass is 230 g/mol. The molecule has 0 aliphatic heterocycles. The molecule has 1 rings (SSSR count). The largest absolute Gasteiger partial charge is 0.168 e. The molecule has 1 aromatic carbocycles. The minimum atomic E-state index is -1.36. The van der Waals surface area contributed by atoms with E-state index in [-0.39, 0.29) is 0 Å². The molecule has 72 valence electrons. The Labute approximate surface area is 90.4 Å². The molecule has 0 radical (unpaired) electrons. The van der Waals surface area contributed by atoms with Gasteiger partial charge in [-0.1, -0.05) is 31.3 Å². The van der Waals surface area contributed by atoms with Gasteiger partial charge in [0, 0.05) is 4.90 Å². The summed E-state index contributed by atoms with van der Waals surface area (Å²) < 4.78 is 0. The highest BCUT2D eigenvalue weighted by atomic mass is 35.6. The van der Waals surface area contributed by atoms with Crippen LogP contribution in [0.5, 0.6) is 0 Å². The predicted molar refractivity (Wildman–Crippen MR) is 65.3 cm³/mol. The Bertz CT molecular complexity index is 243. The van der Waals surface area contributed by atoms with Gasteiger partial charge in [-0.25, -0.2) is 0 Å². The van der Waals surface area contributed by atoms with Crippen LogP contribution in [0, 0.1) is 0 Å². The van der Waals surface area contributed by atoms with Crippen molar-refractivity contribution in [2.24, 2.45) is 0 Å². The van der Waals surface area contributed by atoms with Crippen molar-refractivity contribution < 1.29 is 0 Å². The molecule has 0 aliphatic carbocycles. The van der Waals surface area contributed by atoms with Crippen molar-refractivity contribution in [2.45, 2.75) is 24.0 Å². The van der Waals surface area contributed by atoms with Gasteiger partial charge in [0.2, 0.25) is 0 Å². The summed E-state index contributed by atoms with van der Waals surface area (Å²) in [7, 11) is -1.36. The molecule has 13 heavy (non-hydrogen) atoms. The molecule has 1 aromatic rings. The van der Waals surface area contributed by atoms with Crippen molar-refractivity contribution in [3.8, 4) is 0 Å². The van der Waals surface area contributed by atoms with Crippen LogP contribution in [0.4, 0.5) is 0 Å². The summed E-state index contributed by atoms with van der Waals surface area (Å²) in [6.07, 6.45) is 0. The predicted octanol–water partition coefficient (Wildman–Crippen LogP) is 4.22. The summed E-state index contributed by atoms with van der Waals surface area (Å²) in [5, 5.41) is 0. The van der Waals surface area contributed by atoms with Crippen molar-refractivity contribution in [3.63, 3.8) is 0 Å². The summed E-state index contributed by atoms with van der Waals surface area (Å²) in [6, 6.07) is 11.7. The summed E-state index contributed by atoms with van der Waals surface area (Å²) in [5.74, 6) is 1.15. The van der Waals surface area contributed by atoms with Gasteiger partial charge < -0.3 is 0 Å². The van der Waals surface area contributed by atoms with Gasteiger partial charge in [0.15, 0.2) is 7.38 Å². The fraction of sp³-hybridized carbons (Fsp3) is 0.400. The van der Waals surface area contributed by atoms with Crippen molar-refractivity contribution in [1.82, 2.24) is 0 Å². The van der Waals surface area contributed by atoms with E-state index in [2.05, 4.69) is 37.4 Å². The number of halogens is 1. The van der Waals surface area contributed by atoms with E-state index in [0.717, 1.165) is 5.75 Å². The maximum atomic E-state index is 6.22. The second kappa shape index (κ2) is 5.08. The molecule has 0 heterocycles. The maximum Gasteiger partial charge on any atom is 0.151 e. The first-order valence-electron chi connectivity index (χ1n) is 4.45. The van der Waals surface area contributed by atoms with E-state index in [1.807, 2.05) is 17.8 Å². The van der Waals surface area contributed by atoms with Gasteiger partial charge in [-0.05, 0) is 23.9 Å². The van der Waals surface area contributed by atoms with E-state index in [9.17, 15) is 0 Å². The summed E-state index contributed by atoms with van der Waals surface area (Å²) in [4.78, 5) is 1.34. The molecule has 0 amide bonds. The zero-order chi connectivity index (χ0) is 9.73. The fourth-order valence-corrected chi connectivity index (χ4v) is 4.56. The minimum absolute atomic E-state index is 1.15. The lowest BCUT2D eigenvalue weighted by Gasteiger charge is -2.11. The van der Waals surface area contributed by atoms with Crippen LogP contribution >= 0.6 is 22.8 Å². The van der Waals surface area contributed by atoms with Crippen LogP contribution in [-0.4, -0.2) is 13.1 Å². The van der Waals surface area contributed by atoms with Crippen LogP contribution in [0.3, 0.4) is 0 Å². The van der Waals surface area contributed by atoms with Crippen LogP contribution < -0.4 is 0 Å². The summed E-state index contributed by atoms with van der Waals surface area (Å²) in [5.41, 5.74) is 0. The topological polar surface area (TPSA) is 0 Å². The third kappa shape index (κ3) is 5.39. The Hall–Kier alpha value is 0.0769. The van der Waals surface area contributed by atoms with Gasteiger partial charge >= 0.3 is 0 Å². The van der Waals surface area contributed by atoms with Crippen LogP contribution in [0.1, 0.15) is 0 Å². The number of hydrogen-bond donors (Lipinski definition) is 0. The molecule has 0 saturated heterocycles. The molecular formula is C10H15ClSSi. The zero-order valence-electron chi connectivity index (χ0n) is 8.09. The van der Waals surface area contributed by atoms with E-state index in [1.165, 1.54) is 10.9 Å². The Morgan fingerprint density at radius 2 is 1.85 bits per heavy atom. The Kier molecular flexibility index (Phi) is 4.36. The normalized spacial score (nSPS) is 11.6. The quantitative estimate of drug-likeness (QED) is 0.424. The van der Waals surface area contributed by atoms with Crippen molar-refractivity contribution >= 4 is 30.2 Å². The van der Waals surface area contributed by atoms with Gasteiger partial charge in [0.1, 0.15) is 0 Å². The molecule has 0 atom stereocenters. The van der Waals surface area contributed by atoms with Crippen LogP contribution in [0.2, 0.25) is 19.1 Å². The SMILES string of the molecule is C[Si](C)(Cl)CCSc1ccccc1. The third-order valence-corrected chi connectivity index (χ3v) is 5.09. The van der Waals surface area contributed by atoms with Gasteiger partial charge in [-0.3, -0.25) is 0 Å². The van der Waals surface area contributed by atoms with Gasteiger partial charge in [-0.2, -0.15) is 11.1 Å². The number of rotatable bonds is 4. The van der Waals surface area contributed by atoms with Crippen LogP contribution in [0.15, 0.2) is 35.2 Å². The van der Waals surface area contributed by atoms with Crippen LogP contribution in [0.25, 0.3) is 0 Å². The van der Waals surface area contributed by atoms with Gasteiger partial charge in [-0.15, -0.1) is 11.8 Å². The van der Waals surface area contributed by atoms with Gasteiger partial charge in [0.25, 0.3) is 0 Å². The van der Waals surface area contributed by atoms with E-state index >= 15 is 0 Å². The summed E-state index contributed by atoms with van der Waals surface area (Å²) >= 11 is 8.12. The Morgan fingerprint density at radius 1 is 1.23 bits per heavy atom. The van der Waals surface area contributed by atoms with Gasteiger partial charge in [0.05, 0.1) is 0 Å². The Balaban J connectivity index is 2.29. The smallest absolute Gasteiger partial charge is 0.151 e. The maximum absolute atomic E-state index is 6.22. The third-order valence-electron chi connectivity index (χ3n) is 1.71. The lowest BCUT2D eigenvalue weighted by Crippen LogP contribution is -2.16. The summed E-state index contributed by atoms with van der Waals surface area (Å²) in [6.45, 7) is 4.39. The minimum Gasteiger partial charge on any atom is -0.168 e. The Morgan fingerprint density at radius 3 is 2.38 bits per heavy atom. The zero-order valence-corrected chi connectivity index (χ0v) is 10.7. The van der Waals surface area contributed by atoms with Crippen LogP contribution in [-0.2, 0) is 0 Å². The molecule has 0 aliphatic rings. The van der Waals surface area contributed by atoms with Crippen molar-refractivity contribution in [2.75, 3.05) is 5.75 Å². The number of benzene rings is 1. The molecule has 0 bridgehead atoms. The lowest BCUT2D eigenvalue weighted by atomic mass is 10.4. The second-order valence-corrected chi connectivity index (χ2v) is 11.8. The highest BCUT2D eigenvalue weighted by Crippen LogP contribution is 2.23. The average Bonchev–Trinajstić information content (AvgIpc) is 2.04. The molecule has 0 nitrogen and oxygen atoms in total. The van der Waals surface area contributed by atoms with Crippen molar-refractivity contribution in [3.05, 3.63) is 30.3 Å². The lowest BCUT2D eigenvalue weighted by molar-refractivity contribution is 1.39. The molecule has 0 spiro atoms. The van der Waals surface area contributed by atoms with E-state index in [4.69, 9.17) is 11.1 Å². The molecule has 0 saturated carbocycles. The molecule has 0 N–H and O–H groups in total. The van der Waals surface area contributed by atoms with E-state index in [0.29, 0.717) is 0 Å². The molecule has 0 fully saturated rings. The first-order valence-corrected chi connectivity index (χ1v) is 9.65. The second-order valence-electron chi connectivity index (χ2n) is 3.63. The number of hydrogen-bond acceptors (Lipinski definition) is 1. The van der Waals surface area contributed by atoms with E-state index in [1.54, 1.807) is 0 Å². The van der Waals surface area contributed by atoms with Crippen molar-refractivity contribution in [1.29, 1.82) is 0 Å². The first-order chi connectivity index (χ1) is 6.08. The first kappa shape index (κ1) is 11.2. The fourth-order valence-electron chi connectivity index (χ4n) is 0.928. The highest BCUT2D eigenvalue weighted by molar-refractivity contribution is 7.99. The average molecular weight is 231 g/mol. The molecule has 3 heteroatoms. The number of thioether (sulfide) groups is 1. The standard InChI is InChI=1S/C10H15ClSSi/c1-13(2,11)9-8-12-10-6-4-3-5-7-10/h3-7H,8-9H2,1-2H3. The molecule has 0 aromatic heterocycles. The molecule has 0 unspecified atom stereocenters. The molecular weight excluding hydrogens is 216 g/mol. The van der Waals surface area contributed by atoms with E-state index < -0.39 is 7.38 Å². The highest BCUT2D eigenvalue weighted by Gasteiger charge is 2.15.